The van der Waals surface area contributed by atoms with Crippen LogP contribution in [0, 0.1) is 17.2 Å². The summed E-state index contributed by atoms with van der Waals surface area (Å²) in [6.45, 7) is 5.79. The molecule has 0 spiro atoms. The van der Waals surface area contributed by atoms with Crippen molar-refractivity contribution in [3.05, 3.63) is 0 Å². The van der Waals surface area contributed by atoms with E-state index in [0.29, 0.717) is 5.92 Å². The molecule has 1 aliphatic heterocycles. The molecule has 1 fully saturated rings. The van der Waals surface area contributed by atoms with Gasteiger partial charge in [0.2, 0.25) is 0 Å². The smallest absolute Gasteiger partial charge is 0.0975 e. The summed E-state index contributed by atoms with van der Waals surface area (Å²) in [6, 6.07) is 2.34. The van der Waals surface area contributed by atoms with Gasteiger partial charge in [-0.3, -0.25) is 4.90 Å². The third-order valence-corrected chi connectivity index (χ3v) is 2.87. The summed E-state index contributed by atoms with van der Waals surface area (Å²) in [5, 5.41) is 18.4. The maximum absolute atomic E-state index is 9.51. The van der Waals surface area contributed by atoms with E-state index in [4.69, 9.17) is 5.26 Å². The zero-order chi connectivity index (χ0) is 9.84. The molecule has 1 rings (SSSR count). The van der Waals surface area contributed by atoms with Crippen LogP contribution in [0.15, 0.2) is 0 Å². The van der Waals surface area contributed by atoms with Crippen LogP contribution >= 0.6 is 0 Å². The molecule has 0 aromatic carbocycles. The van der Waals surface area contributed by atoms with Crippen molar-refractivity contribution >= 4 is 0 Å². The maximum Gasteiger partial charge on any atom is 0.0975 e. The highest BCUT2D eigenvalue weighted by Crippen LogP contribution is 2.19. The number of rotatable bonds is 2. The summed E-state index contributed by atoms with van der Waals surface area (Å²) >= 11 is 0. The van der Waals surface area contributed by atoms with Crippen molar-refractivity contribution in [1.29, 1.82) is 5.26 Å². The van der Waals surface area contributed by atoms with Crippen LogP contribution in [0.2, 0.25) is 0 Å². The minimum absolute atomic E-state index is 0.0370. The second kappa shape index (κ2) is 4.59. The van der Waals surface area contributed by atoms with E-state index in [1.165, 1.54) is 0 Å². The SMILES string of the molecule is CCC(C#N)N1CCC(O)C(C)C1. The van der Waals surface area contributed by atoms with Gasteiger partial charge in [0.25, 0.3) is 0 Å². The molecule has 0 aromatic rings. The molecule has 0 aromatic heterocycles. The Kier molecular flexibility index (Phi) is 3.71. The fraction of sp³-hybridized carbons (Fsp3) is 0.900. The highest BCUT2D eigenvalue weighted by molar-refractivity contribution is 4.93. The number of aliphatic hydroxyl groups is 1. The van der Waals surface area contributed by atoms with E-state index in [1.807, 2.05) is 13.8 Å². The molecule has 0 radical (unpaired) electrons. The standard InChI is InChI=1S/C10H18N2O/c1-3-9(6-11)12-5-4-10(13)8(2)7-12/h8-10,13H,3-5,7H2,1-2H3. The lowest BCUT2D eigenvalue weighted by atomic mass is 9.95. The molecule has 3 unspecified atom stereocenters. The third-order valence-electron chi connectivity index (χ3n) is 2.87. The second-order valence-electron chi connectivity index (χ2n) is 3.88. The van der Waals surface area contributed by atoms with Crippen LogP contribution in [0.25, 0.3) is 0 Å². The van der Waals surface area contributed by atoms with Gasteiger partial charge in [0.1, 0.15) is 0 Å². The molecule has 0 aliphatic carbocycles. The van der Waals surface area contributed by atoms with Crippen LogP contribution < -0.4 is 0 Å². The van der Waals surface area contributed by atoms with E-state index < -0.39 is 0 Å². The van der Waals surface area contributed by atoms with Crippen LogP contribution in [-0.2, 0) is 0 Å². The third kappa shape index (κ3) is 2.43. The molecular weight excluding hydrogens is 164 g/mol. The zero-order valence-electron chi connectivity index (χ0n) is 8.40. The van der Waals surface area contributed by atoms with Crippen LogP contribution in [-0.4, -0.2) is 35.2 Å². The Morgan fingerprint density at radius 3 is 2.85 bits per heavy atom. The van der Waals surface area contributed by atoms with Crippen molar-refractivity contribution in [1.82, 2.24) is 4.90 Å². The molecule has 1 N–H and O–H groups in total. The zero-order valence-corrected chi connectivity index (χ0v) is 8.40. The summed E-state index contributed by atoms with van der Waals surface area (Å²) < 4.78 is 0. The van der Waals surface area contributed by atoms with Crippen molar-refractivity contribution in [2.45, 2.75) is 38.8 Å². The largest absolute Gasteiger partial charge is 0.393 e. The number of piperidine rings is 1. The number of hydrogen-bond donors (Lipinski definition) is 1. The first-order chi connectivity index (χ1) is 6.19. The van der Waals surface area contributed by atoms with Gasteiger partial charge in [0.05, 0.1) is 18.2 Å². The maximum atomic E-state index is 9.51. The van der Waals surface area contributed by atoms with Gasteiger partial charge in [-0.2, -0.15) is 5.26 Å². The summed E-state index contributed by atoms with van der Waals surface area (Å²) in [5.74, 6) is 0.302. The van der Waals surface area contributed by atoms with Crippen LogP contribution in [0.5, 0.6) is 0 Å². The van der Waals surface area contributed by atoms with Gasteiger partial charge >= 0.3 is 0 Å². The molecule has 1 saturated heterocycles. The van der Waals surface area contributed by atoms with Gasteiger partial charge in [-0.1, -0.05) is 13.8 Å². The lowest BCUT2D eigenvalue weighted by molar-refractivity contribution is 0.0255. The van der Waals surface area contributed by atoms with Crippen LogP contribution in [0.4, 0.5) is 0 Å². The first-order valence-corrected chi connectivity index (χ1v) is 5.00. The average Bonchev–Trinajstić information content (AvgIpc) is 2.13. The van der Waals surface area contributed by atoms with Gasteiger partial charge in [-0.15, -0.1) is 0 Å². The van der Waals surface area contributed by atoms with E-state index in [9.17, 15) is 5.11 Å². The van der Waals surface area contributed by atoms with Gasteiger partial charge in [0.15, 0.2) is 0 Å². The first-order valence-electron chi connectivity index (χ1n) is 5.00. The fourth-order valence-electron chi connectivity index (χ4n) is 1.88. The summed E-state index contributed by atoms with van der Waals surface area (Å²) in [5.41, 5.74) is 0. The summed E-state index contributed by atoms with van der Waals surface area (Å²) in [4.78, 5) is 2.18. The highest BCUT2D eigenvalue weighted by atomic mass is 16.3. The molecule has 3 heteroatoms. The van der Waals surface area contributed by atoms with E-state index in [2.05, 4.69) is 11.0 Å². The number of nitrogens with zero attached hydrogens (tertiary/aromatic N) is 2. The van der Waals surface area contributed by atoms with Gasteiger partial charge in [-0.25, -0.2) is 0 Å². The number of nitriles is 1. The predicted octanol–water partition coefficient (Wildman–Crippen LogP) is 0.991. The Morgan fingerprint density at radius 1 is 1.69 bits per heavy atom. The molecule has 1 aliphatic rings. The minimum atomic E-state index is -0.174. The fourth-order valence-corrected chi connectivity index (χ4v) is 1.88. The lowest BCUT2D eigenvalue weighted by Crippen LogP contribution is -2.46. The lowest BCUT2D eigenvalue weighted by Gasteiger charge is -2.36. The van der Waals surface area contributed by atoms with Crippen molar-refractivity contribution in [2.24, 2.45) is 5.92 Å². The Bertz CT molecular complexity index is 200. The number of likely N-dealkylation sites (tertiary alicyclic amines) is 1. The van der Waals surface area contributed by atoms with Crippen molar-refractivity contribution in [2.75, 3.05) is 13.1 Å². The van der Waals surface area contributed by atoms with Gasteiger partial charge in [0, 0.05) is 13.1 Å². The summed E-state index contributed by atoms with van der Waals surface area (Å²) in [7, 11) is 0. The second-order valence-corrected chi connectivity index (χ2v) is 3.88. The van der Waals surface area contributed by atoms with Crippen molar-refractivity contribution in [3.8, 4) is 6.07 Å². The Balaban J connectivity index is 2.50. The topological polar surface area (TPSA) is 47.3 Å². The normalized spacial score (nSPS) is 32.5. The minimum Gasteiger partial charge on any atom is -0.393 e. The van der Waals surface area contributed by atoms with Crippen LogP contribution in [0.3, 0.4) is 0 Å². The molecule has 1 heterocycles. The molecule has 3 nitrogen and oxygen atoms in total. The number of aliphatic hydroxyl groups excluding tert-OH is 1. The monoisotopic (exact) mass is 182 g/mol. The summed E-state index contributed by atoms with van der Waals surface area (Å²) in [6.07, 6.45) is 1.51. The molecular formula is C10H18N2O. The van der Waals surface area contributed by atoms with Crippen molar-refractivity contribution in [3.63, 3.8) is 0 Å². The molecule has 0 amide bonds. The Hall–Kier alpha value is -0.590. The average molecular weight is 182 g/mol. The quantitative estimate of drug-likeness (QED) is 0.692. The molecule has 3 atom stereocenters. The highest BCUT2D eigenvalue weighted by Gasteiger charge is 2.27. The van der Waals surface area contributed by atoms with E-state index in [-0.39, 0.29) is 12.1 Å². The molecule has 0 saturated carbocycles. The first kappa shape index (κ1) is 10.5. The molecule has 13 heavy (non-hydrogen) atoms. The van der Waals surface area contributed by atoms with Gasteiger partial charge < -0.3 is 5.11 Å². The molecule has 0 bridgehead atoms. The predicted molar refractivity (Wildman–Crippen MR) is 51.1 cm³/mol. The van der Waals surface area contributed by atoms with E-state index in [1.54, 1.807) is 0 Å². The molecule has 74 valence electrons. The Labute approximate surface area is 80.0 Å². The van der Waals surface area contributed by atoms with E-state index in [0.717, 1.165) is 25.9 Å². The number of hydrogen-bond acceptors (Lipinski definition) is 3. The van der Waals surface area contributed by atoms with E-state index >= 15 is 0 Å². The Morgan fingerprint density at radius 2 is 2.38 bits per heavy atom. The van der Waals surface area contributed by atoms with Crippen LogP contribution in [0.1, 0.15) is 26.7 Å². The van der Waals surface area contributed by atoms with Gasteiger partial charge in [-0.05, 0) is 18.8 Å². The van der Waals surface area contributed by atoms with Crippen molar-refractivity contribution < 1.29 is 5.11 Å².